The van der Waals surface area contributed by atoms with Crippen molar-refractivity contribution in [3.05, 3.63) is 0 Å². The Morgan fingerprint density at radius 3 is 2.67 bits per heavy atom. The SMILES string of the molecule is CCCC(CC)NC1CCCC1C1CCCCN1. The normalized spacial score (nSPS) is 34.7. The van der Waals surface area contributed by atoms with Crippen molar-refractivity contribution in [3.8, 4) is 0 Å². The molecule has 0 spiro atoms. The summed E-state index contributed by atoms with van der Waals surface area (Å²) in [7, 11) is 0. The monoisotopic (exact) mass is 252 g/mol. The number of hydrogen-bond donors (Lipinski definition) is 2. The molecule has 2 N–H and O–H groups in total. The average molecular weight is 252 g/mol. The van der Waals surface area contributed by atoms with Crippen LogP contribution in [0.15, 0.2) is 0 Å². The van der Waals surface area contributed by atoms with E-state index in [0.29, 0.717) is 0 Å². The van der Waals surface area contributed by atoms with Gasteiger partial charge in [-0.1, -0.05) is 33.1 Å². The van der Waals surface area contributed by atoms with E-state index >= 15 is 0 Å². The predicted octanol–water partition coefficient (Wildman–Crippen LogP) is 3.47. The second kappa shape index (κ2) is 7.49. The number of piperidine rings is 1. The highest BCUT2D eigenvalue weighted by atomic mass is 15.0. The molecule has 1 saturated carbocycles. The second-order valence-electron chi connectivity index (χ2n) is 6.32. The predicted molar refractivity (Wildman–Crippen MR) is 78.9 cm³/mol. The van der Waals surface area contributed by atoms with Gasteiger partial charge in [0.05, 0.1) is 0 Å². The van der Waals surface area contributed by atoms with E-state index in [4.69, 9.17) is 0 Å². The third-order valence-electron chi connectivity index (χ3n) is 5.01. The van der Waals surface area contributed by atoms with Gasteiger partial charge in [0.1, 0.15) is 0 Å². The summed E-state index contributed by atoms with van der Waals surface area (Å²) < 4.78 is 0. The van der Waals surface area contributed by atoms with Gasteiger partial charge in [0.2, 0.25) is 0 Å². The molecule has 1 aliphatic carbocycles. The van der Waals surface area contributed by atoms with Crippen molar-refractivity contribution in [2.24, 2.45) is 5.92 Å². The summed E-state index contributed by atoms with van der Waals surface area (Å²) in [5.41, 5.74) is 0. The van der Waals surface area contributed by atoms with Crippen molar-refractivity contribution in [2.45, 2.75) is 89.8 Å². The second-order valence-corrected chi connectivity index (χ2v) is 6.32. The molecule has 0 aromatic rings. The van der Waals surface area contributed by atoms with E-state index < -0.39 is 0 Å². The van der Waals surface area contributed by atoms with Crippen molar-refractivity contribution < 1.29 is 0 Å². The van der Waals surface area contributed by atoms with Crippen LogP contribution < -0.4 is 10.6 Å². The largest absolute Gasteiger partial charge is 0.314 e. The quantitative estimate of drug-likeness (QED) is 0.756. The van der Waals surface area contributed by atoms with Gasteiger partial charge < -0.3 is 10.6 Å². The summed E-state index contributed by atoms with van der Waals surface area (Å²) in [6, 6.07) is 2.35. The molecule has 0 amide bonds. The Kier molecular flexibility index (Phi) is 5.97. The maximum absolute atomic E-state index is 3.97. The van der Waals surface area contributed by atoms with Gasteiger partial charge in [0.25, 0.3) is 0 Å². The highest BCUT2D eigenvalue weighted by molar-refractivity contribution is 4.93. The van der Waals surface area contributed by atoms with Gasteiger partial charge in [0.15, 0.2) is 0 Å². The van der Waals surface area contributed by atoms with E-state index in [1.807, 2.05) is 0 Å². The lowest BCUT2D eigenvalue weighted by molar-refractivity contribution is 0.241. The third kappa shape index (κ3) is 3.71. The first-order valence-electron chi connectivity index (χ1n) is 8.34. The Bertz CT molecular complexity index is 223. The minimum absolute atomic E-state index is 0.754. The van der Waals surface area contributed by atoms with Crippen molar-refractivity contribution in [1.82, 2.24) is 10.6 Å². The van der Waals surface area contributed by atoms with Gasteiger partial charge in [-0.05, 0) is 51.0 Å². The topological polar surface area (TPSA) is 24.1 Å². The van der Waals surface area contributed by atoms with Crippen molar-refractivity contribution in [3.63, 3.8) is 0 Å². The maximum atomic E-state index is 3.97. The summed E-state index contributed by atoms with van der Waals surface area (Å²) >= 11 is 0. The molecule has 4 atom stereocenters. The molecule has 106 valence electrons. The summed E-state index contributed by atoms with van der Waals surface area (Å²) in [6.07, 6.45) is 12.5. The van der Waals surface area contributed by atoms with Crippen molar-refractivity contribution >= 4 is 0 Å². The molecule has 18 heavy (non-hydrogen) atoms. The smallest absolute Gasteiger partial charge is 0.0113 e. The van der Waals surface area contributed by atoms with Gasteiger partial charge in [-0.25, -0.2) is 0 Å². The van der Waals surface area contributed by atoms with Gasteiger partial charge in [0, 0.05) is 18.1 Å². The Morgan fingerprint density at radius 2 is 2.00 bits per heavy atom. The minimum atomic E-state index is 0.754. The Balaban J connectivity index is 1.85. The van der Waals surface area contributed by atoms with Crippen LogP contribution in [0.4, 0.5) is 0 Å². The Hall–Kier alpha value is -0.0800. The fourth-order valence-electron chi connectivity index (χ4n) is 3.98. The average Bonchev–Trinajstić information content (AvgIpc) is 2.87. The maximum Gasteiger partial charge on any atom is 0.0113 e. The zero-order valence-corrected chi connectivity index (χ0v) is 12.4. The molecule has 2 rings (SSSR count). The molecule has 0 bridgehead atoms. The Labute approximate surface area is 113 Å². The first-order valence-corrected chi connectivity index (χ1v) is 8.34. The molecular weight excluding hydrogens is 220 g/mol. The lowest BCUT2D eigenvalue weighted by Gasteiger charge is -2.34. The van der Waals surface area contributed by atoms with Crippen LogP contribution in [0.1, 0.15) is 71.6 Å². The molecule has 0 aromatic carbocycles. The summed E-state index contributed by atoms with van der Waals surface area (Å²) in [5.74, 6) is 0.899. The van der Waals surface area contributed by atoms with Crippen LogP contribution in [-0.2, 0) is 0 Å². The lowest BCUT2D eigenvalue weighted by atomic mass is 9.87. The van der Waals surface area contributed by atoms with E-state index in [-0.39, 0.29) is 0 Å². The van der Waals surface area contributed by atoms with Crippen molar-refractivity contribution in [1.29, 1.82) is 0 Å². The van der Waals surface area contributed by atoms with E-state index in [0.717, 1.165) is 24.0 Å². The number of hydrogen-bond acceptors (Lipinski definition) is 2. The molecule has 1 saturated heterocycles. The van der Waals surface area contributed by atoms with Gasteiger partial charge >= 0.3 is 0 Å². The summed E-state index contributed by atoms with van der Waals surface area (Å²) in [5, 5.41) is 7.75. The highest BCUT2D eigenvalue weighted by Gasteiger charge is 2.34. The molecule has 0 aromatic heterocycles. The van der Waals surface area contributed by atoms with Crippen LogP contribution in [0.5, 0.6) is 0 Å². The summed E-state index contributed by atoms with van der Waals surface area (Å²) in [6.45, 7) is 5.88. The fourth-order valence-corrected chi connectivity index (χ4v) is 3.98. The molecule has 2 heteroatoms. The van der Waals surface area contributed by atoms with E-state index in [2.05, 4.69) is 24.5 Å². The highest BCUT2D eigenvalue weighted by Crippen LogP contribution is 2.32. The first kappa shape index (κ1) is 14.3. The molecule has 2 aliphatic rings. The first-order chi connectivity index (χ1) is 8.85. The zero-order chi connectivity index (χ0) is 12.8. The zero-order valence-electron chi connectivity index (χ0n) is 12.4. The van der Waals surface area contributed by atoms with Crippen LogP contribution in [0, 0.1) is 5.92 Å². The lowest BCUT2D eigenvalue weighted by Crippen LogP contribution is -2.49. The number of rotatable bonds is 6. The van der Waals surface area contributed by atoms with Crippen LogP contribution in [0.3, 0.4) is 0 Å². The number of nitrogens with one attached hydrogen (secondary N) is 2. The minimum Gasteiger partial charge on any atom is -0.314 e. The molecule has 1 heterocycles. The van der Waals surface area contributed by atoms with Crippen LogP contribution in [0.25, 0.3) is 0 Å². The van der Waals surface area contributed by atoms with Crippen LogP contribution in [0.2, 0.25) is 0 Å². The van der Waals surface area contributed by atoms with E-state index in [1.54, 1.807) is 0 Å². The molecule has 2 fully saturated rings. The molecule has 0 radical (unpaired) electrons. The van der Waals surface area contributed by atoms with Crippen LogP contribution in [-0.4, -0.2) is 24.7 Å². The van der Waals surface area contributed by atoms with E-state index in [9.17, 15) is 0 Å². The standard InChI is InChI=1S/C16H32N2/c1-3-8-13(4-2)18-16-11-7-9-14(16)15-10-5-6-12-17-15/h13-18H,3-12H2,1-2H3. The van der Waals surface area contributed by atoms with E-state index in [1.165, 1.54) is 64.3 Å². The molecule has 2 nitrogen and oxygen atoms in total. The molecule has 4 unspecified atom stereocenters. The van der Waals surface area contributed by atoms with Crippen molar-refractivity contribution in [2.75, 3.05) is 6.54 Å². The Morgan fingerprint density at radius 1 is 1.11 bits per heavy atom. The van der Waals surface area contributed by atoms with Gasteiger partial charge in [-0.2, -0.15) is 0 Å². The van der Waals surface area contributed by atoms with Crippen LogP contribution >= 0.6 is 0 Å². The fraction of sp³-hybridized carbons (Fsp3) is 1.00. The molecule has 1 aliphatic heterocycles. The van der Waals surface area contributed by atoms with Gasteiger partial charge in [-0.15, -0.1) is 0 Å². The molecular formula is C16H32N2. The van der Waals surface area contributed by atoms with Gasteiger partial charge in [-0.3, -0.25) is 0 Å². The summed E-state index contributed by atoms with van der Waals surface area (Å²) in [4.78, 5) is 0. The third-order valence-corrected chi connectivity index (χ3v) is 5.01.